The van der Waals surface area contributed by atoms with Gasteiger partial charge >= 0.3 is 0 Å². The summed E-state index contributed by atoms with van der Waals surface area (Å²) in [7, 11) is 0. The highest BCUT2D eigenvalue weighted by molar-refractivity contribution is 9.10. The molecule has 5 nitrogen and oxygen atoms in total. The van der Waals surface area contributed by atoms with Crippen LogP contribution in [0.1, 0.15) is 19.4 Å². The molecule has 6 heteroatoms. The van der Waals surface area contributed by atoms with Crippen LogP contribution >= 0.6 is 15.9 Å². The lowest BCUT2D eigenvalue weighted by atomic mass is 9.91. The number of nitrogens with zero attached hydrogens (tertiary/aromatic N) is 1. The molecule has 0 unspecified atom stereocenters. The van der Waals surface area contributed by atoms with Crippen molar-refractivity contribution in [2.24, 2.45) is 5.41 Å². The zero-order chi connectivity index (χ0) is 16.9. The first-order valence-corrected chi connectivity index (χ1v) is 7.93. The predicted molar refractivity (Wildman–Crippen MR) is 92.6 cm³/mol. The maximum atomic E-state index is 12.4. The molecule has 2 rings (SSSR count). The topological polar surface area (TPSA) is 71.1 Å². The average molecular weight is 376 g/mol. The SMILES string of the molecule is CC(C)(C(=O)NCc1cccnc1)C(=O)Nc1cccc(Br)c1. The van der Waals surface area contributed by atoms with E-state index >= 15 is 0 Å². The van der Waals surface area contributed by atoms with Gasteiger partial charge in [0.05, 0.1) is 0 Å². The Labute approximate surface area is 143 Å². The van der Waals surface area contributed by atoms with Crippen molar-refractivity contribution in [3.63, 3.8) is 0 Å². The van der Waals surface area contributed by atoms with E-state index in [0.29, 0.717) is 12.2 Å². The van der Waals surface area contributed by atoms with Crippen LogP contribution in [0, 0.1) is 5.41 Å². The lowest BCUT2D eigenvalue weighted by molar-refractivity contribution is -0.138. The van der Waals surface area contributed by atoms with E-state index < -0.39 is 5.41 Å². The summed E-state index contributed by atoms with van der Waals surface area (Å²) in [6, 6.07) is 10.9. The highest BCUT2D eigenvalue weighted by Gasteiger charge is 2.35. The van der Waals surface area contributed by atoms with Gasteiger partial charge in [-0.05, 0) is 43.7 Å². The summed E-state index contributed by atoms with van der Waals surface area (Å²) in [5.41, 5.74) is 0.325. The van der Waals surface area contributed by atoms with Crippen molar-refractivity contribution in [2.75, 3.05) is 5.32 Å². The zero-order valence-electron chi connectivity index (χ0n) is 13.0. The average Bonchev–Trinajstić information content (AvgIpc) is 2.53. The van der Waals surface area contributed by atoms with Gasteiger partial charge in [0.1, 0.15) is 5.41 Å². The van der Waals surface area contributed by atoms with Gasteiger partial charge in [0.25, 0.3) is 0 Å². The van der Waals surface area contributed by atoms with E-state index in [-0.39, 0.29) is 11.8 Å². The smallest absolute Gasteiger partial charge is 0.239 e. The van der Waals surface area contributed by atoms with Gasteiger partial charge in [-0.15, -0.1) is 0 Å². The number of hydrogen-bond acceptors (Lipinski definition) is 3. The Balaban J connectivity index is 1.98. The molecule has 2 amide bonds. The first-order chi connectivity index (χ1) is 10.9. The second-order valence-electron chi connectivity index (χ2n) is 5.63. The van der Waals surface area contributed by atoms with Gasteiger partial charge in [-0.3, -0.25) is 14.6 Å². The zero-order valence-corrected chi connectivity index (χ0v) is 14.6. The van der Waals surface area contributed by atoms with Crippen LogP contribution in [0.2, 0.25) is 0 Å². The maximum absolute atomic E-state index is 12.4. The van der Waals surface area contributed by atoms with Crippen LogP contribution in [0.5, 0.6) is 0 Å². The summed E-state index contributed by atoms with van der Waals surface area (Å²) < 4.78 is 0.856. The minimum absolute atomic E-state index is 0.334. The largest absolute Gasteiger partial charge is 0.351 e. The first kappa shape index (κ1) is 17.1. The summed E-state index contributed by atoms with van der Waals surface area (Å²) in [6.07, 6.45) is 3.34. The first-order valence-electron chi connectivity index (χ1n) is 7.14. The van der Waals surface area contributed by atoms with E-state index in [1.807, 2.05) is 18.2 Å². The number of amides is 2. The molecule has 2 N–H and O–H groups in total. The number of nitrogens with one attached hydrogen (secondary N) is 2. The van der Waals surface area contributed by atoms with Crippen molar-refractivity contribution in [1.82, 2.24) is 10.3 Å². The second-order valence-corrected chi connectivity index (χ2v) is 6.55. The van der Waals surface area contributed by atoms with Crippen LogP contribution in [0.15, 0.2) is 53.3 Å². The fourth-order valence-electron chi connectivity index (χ4n) is 1.86. The minimum Gasteiger partial charge on any atom is -0.351 e. The summed E-state index contributed by atoms with van der Waals surface area (Å²) in [5.74, 6) is -0.701. The highest BCUT2D eigenvalue weighted by Crippen LogP contribution is 2.21. The predicted octanol–water partition coefficient (Wildman–Crippen LogP) is 3.13. The van der Waals surface area contributed by atoms with E-state index in [1.165, 1.54) is 0 Å². The fraction of sp³-hybridized carbons (Fsp3) is 0.235. The molecule has 1 aromatic heterocycles. The number of carbonyl (C=O) groups excluding carboxylic acids is 2. The van der Waals surface area contributed by atoms with E-state index in [4.69, 9.17) is 0 Å². The van der Waals surface area contributed by atoms with Gasteiger partial charge in [-0.2, -0.15) is 0 Å². The Morgan fingerprint density at radius 3 is 2.61 bits per heavy atom. The molecule has 0 radical (unpaired) electrons. The standard InChI is InChI=1S/C17H18BrN3O2/c1-17(2,15(22)20-11-12-5-4-8-19-10-12)16(23)21-14-7-3-6-13(18)9-14/h3-10H,11H2,1-2H3,(H,20,22)(H,21,23). The van der Waals surface area contributed by atoms with Crippen LogP contribution in [-0.2, 0) is 16.1 Å². The molecule has 0 fully saturated rings. The lowest BCUT2D eigenvalue weighted by Gasteiger charge is -2.22. The van der Waals surface area contributed by atoms with Gasteiger partial charge in [-0.1, -0.05) is 28.1 Å². The summed E-state index contributed by atoms with van der Waals surface area (Å²) >= 11 is 3.35. The number of aromatic nitrogens is 1. The molecule has 0 saturated heterocycles. The van der Waals surface area contributed by atoms with Crippen molar-refractivity contribution >= 4 is 33.4 Å². The summed E-state index contributed by atoms with van der Waals surface area (Å²) in [6.45, 7) is 3.53. The van der Waals surface area contributed by atoms with Gasteiger partial charge in [-0.25, -0.2) is 0 Å². The molecule has 0 saturated carbocycles. The molecule has 0 atom stereocenters. The third-order valence-electron chi connectivity index (χ3n) is 3.39. The summed E-state index contributed by atoms with van der Waals surface area (Å²) in [5, 5.41) is 5.53. The molecule has 0 aliphatic rings. The number of benzene rings is 1. The molecule has 1 heterocycles. The lowest BCUT2D eigenvalue weighted by Crippen LogP contribution is -2.44. The molecule has 0 aliphatic heterocycles. The van der Waals surface area contributed by atoms with Gasteiger partial charge in [0.15, 0.2) is 0 Å². The third-order valence-corrected chi connectivity index (χ3v) is 3.89. The number of rotatable bonds is 5. The number of hydrogen-bond donors (Lipinski definition) is 2. The Bertz CT molecular complexity index is 702. The monoisotopic (exact) mass is 375 g/mol. The van der Waals surface area contributed by atoms with Gasteiger partial charge < -0.3 is 10.6 Å². The second kappa shape index (κ2) is 7.37. The molecule has 120 valence electrons. The Hall–Kier alpha value is -2.21. The van der Waals surface area contributed by atoms with Crippen molar-refractivity contribution in [3.05, 3.63) is 58.8 Å². The van der Waals surface area contributed by atoms with Gasteiger partial charge in [0, 0.05) is 29.1 Å². The van der Waals surface area contributed by atoms with Gasteiger partial charge in [0.2, 0.25) is 11.8 Å². The number of pyridine rings is 1. The van der Waals surface area contributed by atoms with Crippen molar-refractivity contribution in [2.45, 2.75) is 20.4 Å². The molecule has 0 bridgehead atoms. The normalized spacial score (nSPS) is 10.9. The van der Waals surface area contributed by atoms with Crippen molar-refractivity contribution in [1.29, 1.82) is 0 Å². The Morgan fingerprint density at radius 2 is 1.96 bits per heavy atom. The van der Waals surface area contributed by atoms with E-state index in [2.05, 4.69) is 31.5 Å². The number of carbonyl (C=O) groups is 2. The number of anilines is 1. The van der Waals surface area contributed by atoms with Crippen LogP contribution in [0.4, 0.5) is 5.69 Å². The minimum atomic E-state index is -1.19. The Morgan fingerprint density at radius 1 is 1.17 bits per heavy atom. The van der Waals surface area contributed by atoms with Crippen molar-refractivity contribution in [3.8, 4) is 0 Å². The molecular weight excluding hydrogens is 358 g/mol. The van der Waals surface area contributed by atoms with E-state index in [1.54, 1.807) is 44.4 Å². The highest BCUT2D eigenvalue weighted by atomic mass is 79.9. The maximum Gasteiger partial charge on any atom is 0.239 e. The quantitative estimate of drug-likeness (QED) is 0.788. The van der Waals surface area contributed by atoms with Crippen LogP contribution in [0.3, 0.4) is 0 Å². The Kier molecular flexibility index (Phi) is 5.50. The summed E-state index contributed by atoms with van der Waals surface area (Å²) in [4.78, 5) is 28.7. The molecule has 23 heavy (non-hydrogen) atoms. The molecule has 0 spiro atoms. The van der Waals surface area contributed by atoms with Crippen molar-refractivity contribution < 1.29 is 9.59 Å². The fourth-order valence-corrected chi connectivity index (χ4v) is 2.26. The van der Waals surface area contributed by atoms with Crippen LogP contribution in [-0.4, -0.2) is 16.8 Å². The third kappa shape index (κ3) is 4.63. The number of halogens is 1. The van der Waals surface area contributed by atoms with E-state index in [9.17, 15) is 9.59 Å². The molecular formula is C17H18BrN3O2. The molecule has 2 aromatic rings. The van der Waals surface area contributed by atoms with Crippen LogP contribution in [0.25, 0.3) is 0 Å². The molecule has 0 aliphatic carbocycles. The molecule has 1 aromatic carbocycles. The van der Waals surface area contributed by atoms with Crippen LogP contribution < -0.4 is 10.6 Å². The van der Waals surface area contributed by atoms with E-state index in [0.717, 1.165) is 10.0 Å².